The van der Waals surface area contributed by atoms with Gasteiger partial charge in [0, 0.05) is 50.6 Å². The topological polar surface area (TPSA) is 39.9 Å². The van der Waals surface area contributed by atoms with E-state index in [2.05, 4.69) is 34.1 Å². The number of furan rings is 1. The zero-order valence-electron chi connectivity index (χ0n) is 14.6. The van der Waals surface area contributed by atoms with E-state index in [0.29, 0.717) is 5.76 Å². The third-order valence-corrected chi connectivity index (χ3v) is 5.23. The number of nitrogens with zero attached hydrogens (tertiary/aromatic N) is 3. The number of hydrogen-bond acceptors (Lipinski definition) is 4. The van der Waals surface area contributed by atoms with E-state index >= 15 is 0 Å². The third-order valence-electron chi connectivity index (χ3n) is 5.23. The first-order valence-electron chi connectivity index (χ1n) is 9.24. The molecule has 0 bridgehead atoms. The second-order valence-corrected chi connectivity index (χ2v) is 6.82. The zero-order chi connectivity index (χ0) is 17.1. The molecule has 25 heavy (non-hydrogen) atoms. The predicted octanol–water partition coefficient (Wildman–Crippen LogP) is 3.23. The number of anilines is 2. The minimum Gasteiger partial charge on any atom is -0.459 e. The van der Waals surface area contributed by atoms with Gasteiger partial charge in [-0.15, -0.1) is 0 Å². The SMILES string of the molecule is O=C(c1ccco1)N1CCN(c2ccc(N3CCCCC3)cc2)CC1. The predicted molar refractivity (Wildman–Crippen MR) is 99.3 cm³/mol. The minimum atomic E-state index is -0.00917. The summed E-state index contributed by atoms with van der Waals surface area (Å²) in [5.74, 6) is 0.421. The molecule has 5 nitrogen and oxygen atoms in total. The van der Waals surface area contributed by atoms with Crippen molar-refractivity contribution >= 4 is 17.3 Å². The van der Waals surface area contributed by atoms with E-state index in [-0.39, 0.29) is 5.91 Å². The summed E-state index contributed by atoms with van der Waals surface area (Å²) in [7, 11) is 0. The molecule has 132 valence electrons. The molecule has 0 atom stereocenters. The molecule has 5 heteroatoms. The lowest BCUT2D eigenvalue weighted by Gasteiger charge is -2.36. The molecular weight excluding hydrogens is 314 g/mol. The molecule has 1 aromatic carbocycles. The van der Waals surface area contributed by atoms with Crippen molar-refractivity contribution in [2.24, 2.45) is 0 Å². The number of carbonyl (C=O) groups excluding carboxylic acids is 1. The van der Waals surface area contributed by atoms with Crippen LogP contribution < -0.4 is 9.80 Å². The standard InChI is InChI=1S/C20H25N3O2/c24-20(19-5-4-16-25-19)23-14-12-22(13-15-23)18-8-6-17(7-9-18)21-10-2-1-3-11-21/h4-9,16H,1-3,10-15H2. The van der Waals surface area contributed by atoms with E-state index in [9.17, 15) is 4.79 Å². The molecule has 0 aliphatic carbocycles. The van der Waals surface area contributed by atoms with E-state index in [1.807, 2.05) is 4.90 Å². The Morgan fingerprint density at radius 3 is 1.92 bits per heavy atom. The Morgan fingerprint density at radius 1 is 0.760 bits per heavy atom. The van der Waals surface area contributed by atoms with Gasteiger partial charge in [0.25, 0.3) is 5.91 Å². The van der Waals surface area contributed by atoms with Gasteiger partial charge >= 0.3 is 0 Å². The van der Waals surface area contributed by atoms with Gasteiger partial charge in [-0.3, -0.25) is 4.79 Å². The first-order valence-corrected chi connectivity index (χ1v) is 9.24. The molecule has 0 N–H and O–H groups in total. The van der Waals surface area contributed by atoms with Crippen LogP contribution in [0.25, 0.3) is 0 Å². The van der Waals surface area contributed by atoms with Gasteiger partial charge in [0.15, 0.2) is 5.76 Å². The lowest BCUT2D eigenvalue weighted by Crippen LogP contribution is -2.48. The van der Waals surface area contributed by atoms with Crippen molar-refractivity contribution in [1.29, 1.82) is 0 Å². The van der Waals surface area contributed by atoms with E-state index in [0.717, 1.165) is 26.2 Å². The molecule has 1 aromatic heterocycles. The first-order chi connectivity index (χ1) is 12.3. The van der Waals surface area contributed by atoms with Gasteiger partial charge in [-0.2, -0.15) is 0 Å². The average molecular weight is 339 g/mol. The van der Waals surface area contributed by atoms with Crippen LogP contribution in [0.1, 0.15) is 29.8 Å². The van der Waals surface area contributed by atoms with Gasteiger partial charge in [0.1, 0.15) is 0 Å². The van der Waals surface area contributed by atoms with E-state index in [1.54, 1.807) is 18.4 Å². The number of carbonyl (C=O) groups is 1. The number of amides is 1. The van der Waals surface area contributed by atoms with Crippen molar-refractivity contribution in [3.63, 3.8) is 0 Å². The molecule has 2 saturated heterocycles. The van der Waals surface area contributed by atoms with Crippen molar-refractivity contribution in [1.82, 2.24) is 4.90 Å². The summed E-state index contributed by atoms with van der Waals surface area (Å²) in [6.45, 7) is 5.52. The Labute approximate surface area is 148 Å². The molecule has 0 radical (unpaired) electrons. The fraction of sp³-hybridized carbons (Fsp3) is 0.450. The normalized spacial score (nSPS) is 18.5. The van der Waals surface area contributed by atoms with Gasteiger partial charge < -0.3 is 19.1 Å². The molecule has 2 aliphatic rings. The quantitative estimate of drug-likeness (QED) is 0.861. The highest BCUT2D eigenvalue weighted by molar-refractivity contribution is 5.91. The highest BCUT2D eigenvalue weighted by Gasteiger charge is 2.23. The van der Waals surface area contributed by atoms with Gasteiger partial charge in [0.05, 0.1) is 6.26 Å². The Bertz CT molecular complexity index is 682. The van der Waals surface area contributed by atoms with Gasteiger partial charge in [-0.05, 0) is 55.7 Å². The molecule has 2 fully saturated rings. The number of piperazine rings is 1. The molecule has 0 unspecified atom stereocenters. The molecule has 2 aromatic rings. The molecule has 3 heterocycles. The van der Waals surface area contributed by atoms with Crippen LogP contribution in [0.5, 0.6) is 0 Å². The zero-order valence-corrected chi connectivity index (χ0v) is 14.6. The Hall–Kier alpha value is -2.43. The molecular formula is C20H25N3O2. The number of piperidine rings is 1. The Balaban J connectivity index is 1.35. The summed E-state index contributed by atoms with van der Waals surface area (Å²) in [6, 6.07) is 12.4. The van der Waals surface area contributed by atoms with Crippen LogP contribution in [0.15, 0.2) is 47.1 Å². The number of hydrogen-bond donors (Lipinski definition) is 0. The fourth-order valence-electron chi connectivity index (χ4n) is 3.75. The third kappa shape index (κ3) is 3.50. The molecule has 0 spiro atoms. The van der Waals surface area contributed by atoms with Crippen LogP contribution in [-0.2, 0) is 0 Å². The highest BCUT2D eigenvalue weighted by Crippen LogP contribution is 2.24. The van der Waals surface area contributed by atoms with Gasteiger partial charge in [0.2, 0.25) is 0 Å². The molecule has 4 rings (SSSR count). The summed E-state index contributed by atoms with van der Waals surface area (Å²) >= 11 is 0. The largest absolute Gasteiger partial charge is 0.459 e. The van der Waals surface area contributed by atoms with Crippen LogP contribution >= 0.6 is 0 Å². The van der Waals surface area contributed by atoms with Crippen molar-refractivity contribution in [3.05, 3.63) is 48.4 Å². The summed E-state index contributed by atoms with van der Waals surface area (Å²) in [5, 5.41) is 0. The summed E-state index contributed by atoms with van der Waals surface area (Å²) in [4.78, 5) is 19.0. The molecule has 2 aliphatic heterocycles. The lowest BCUT2D eigenvalue weighted by molar-refractivity contribution is 0.0714. The van der Waals surface area contributed by atoms with E-state index in [1.165, 1.54) is 43.7 Å². The van der Waals surface area contributed by atoms with E-state index < -0.39 is 0 Å². The fourth-order valence-corrected chi connectivity index (χ4v) is 3.75. The van der Waals surface area contributed by atoms with Crippen LogP contribution in [0, 0.1) is 0 Å². The molecule has 1 amide bonds. The van der Waals surface area contributed by atoms with Crippen LogP contribution in [0.2, 0.25) is 0 Å². The maximum atomic E-state index is 12.3. The second-order valence-electron chi connectivity index (χ2n) is 6.82. The second kappa shape index (κ2) is 7.21. The Kier molecular flexibility index (Phi) is 4.63. The minimum absolute atomic E-state index is 0.00917. The maximum Gasteiger partial charge on any atom is 0.289 e. The lowest BCUT2D eigenvalue weighted by atomic mass is 10.1. The maximum absolute atomic E-state index is 12.3. The van der Waals surface area contributed by atoms with Gasteiger partial charge in [-0.1, -0.05) is 0 Å². The van der Waals surface area contributed by atoms with E-state index in [4.69, 9.17) is 4.42 Å². The Morgan fingerprint density at radius 2 is 1.36 bits per heavy atom. The average Bonchev–Trinajstić information content (AvgIpc) is 3.23. The monoisotopic (exact) mass is 339 g/mol. The van der Waals surface area contributed by atoms with Crippen molar-refractivity contribution in [2.75, 3.05) is 49.1 Å². The number of benzene rings is 1. The summed E-state index contributed by atoms with van der Waals surface area (Å²) in [6.07, 6.45) is 5.50. The van der Waals surface area contributed by atoms with Crippen molar-refractivity contribution in [3.8, 4) is 0 Å². The van der Waals surface area contributed by atoms with Crippen LogP contribution in [0.3, 0.4) is 0 Å². The van der Waals surface area contributed by atoms with Gasteiger partial charge in [-0.25, -0.2) is 0 Å². The summed E-state index contributed by atoms with van der Waals surface area (Å²) in [5.41, 5.74) is 2.57. The van der Waals surface area contributed by atoms with Crippen molar-refractivity contribution in [2.45, 2.75) is 19.3 Å². The first kappa shape index (κ1) is 16.1. The van der Waals surface area contributed by atoms with Crippen LogP contribution in [-0.4, -0.2) is 50.1 Å². The number of rotatable bonds is 3. The summed E-state index contributed by atoms with van der Waals surface area (Å²) < 4.78 is 5.22. The highest BCUT2D eigenvalue weighted by atomic mass is 16.3. The molecule has 0 saturated carbocycles. The smallest absolute Gasteiger partial charge is 0.289 e. The van der Waals surface area contributed by atoms with Crippen molar-refractivity contribution < 1.29 is 9.21 Å². The van der Waals surface area contributed by atoms with Crippen LogP contribution in [0.4, 0.5) is 11.4 Å².